The Morgan fingerprint density at radius 2 is 2.25 bits per heavy atom. The van der Waals surface area contributed by atoms with Crippen molar-refractivity contribution in [2.24, 2.45) is 0 Å². The Kier molecular flexibility index (Phi) is 1.40. The van der Waals surface area contributed by atoms with Crippen molar-refractivity contribution in [2.45, 2.75) is 6.92 Å². The highest BCUT2D eigenvalue weighted by Crippen LogP contribution is 2.14. The lowest BCUT2D eigenvalue weighted by Gasteiger charge is -1.91. The highest BCUT2D eigenvalue weighted by Gasteiger charge is 2.08. The van der Waals surface area contributed by atoms with Crippen molar-refractivity contribution in [2.75, 3.05) is 0 Å². The second-order valence-corrected chi connectivity index (χ2v) is 2.49. The number of hydrogen-bond donors (Lipinski definition) is 0. The van der Waals surface area contributed by atoms with Crippen LogP contribution in [0.2, 0.25) is 0 Å². The molecule has 0 aliphatic heterocycles. The Balaban J connectivity index is 2.82. The zero-order valence-corrected chi connectivity index (χ0v) is 6.44. The minimum atomic E-state index is -0.0312. The van der Waals surface area contributed by atoms with E-state index in [4.69, 9.17) is 0 Å². The first-order chi connectivity index (χ1) is 5.79. The van der Waals surface area contributed by atoms with Gasteiger partial charge < -0.3 is 0 Å². The second kappa shape index (κ2) is 2.41. The van der Waals surface area contributed by atoms with Gasteiger partial charge in [-0.25, -0.2) is 4.63 Å². The van der Waals surface area contributed by atoms with E-state index in [1.807, 2.05) is 0 Å². The van der Waals surface area contributed by atoms with Crippen LogP contribution in [-0.4, -0.2) is 16.1 Å². The monoisotopic (exact) mass is 162 g/mol. The number of hydrogen-bond acceptors (Lipinski definition) is 4. The molecule has 2 aromatic rings. The summed E-state index contributed by atoms with van der Waals surface area (Å²) in [6, 6.07) is 5.20. The van der Waals surface area contributed by atoms with Crippen molar-refractivity contribution in [3.63, 3.8) is 0 Å². The molecule has 4 heteroatoms. The Bertz CT molecular complexity index is 433. The zero-order valence-electron chi connectivity index (χ0n) is 6.44. The minimum absolute atomic E-state index is 0.0312. The summed E-state index contributed by atoms with van der Waals surface area (Å²) < 4.78 is 4.50. The average Bonchev–Trinajstić information content (AvgIpc) is 2.49. The van der Waals surface area contributed by atoms with E-state index in [2.05, 4.69) is 14.9 Å². The van der Waals surface area contributed by atoms with Gasteiger partial charge >= 0.3 is 0 Å². The van der Waals surface area contributed by atoms with Crippen molar-refractivity contribution in [1.82, 2.24) is 10.3 Å². The van der Waals surface area contributed by atoms with E-state index in [1.54, 1.807) is 18.2 Å². The van der Waals surface area contributed by atoms with Gasteiger partial charge in [-0.2, -0.15) is 0 Å². The molecule has 0 saturated carbocycles. The number of Topliss-reactive ketones (excluding diaryl/α,β-unsaturated/α-hetero) is 1. The molecule has 2 rings (SSSR count). The topological polar surface area (TPSA) is 56.0 Å². The average molecular weight is 162 g/mol. The fourth-order valence-corrected chi connectivity index (χ4v) is 1.09. The molecule has 0 radical (unpaired) electrons. The van der Waals surface area contributed by atoms with Crippen molar-refractivity contribution < 1.29 is 9.42 Å². The third-order valence-electron chi connectivity index (χ3n) is 1.67. The molecule has 0 atom stereocenters. The summed E-state index contributed by atoms with van der Waals surface area (Å²) in [5.41, 5.74) is 1.70. The fourth-order valence-electron chi connectivity index (χ4n) is 1.09. The minimum Gasteiger partial charge on any atom is -0.294 e. The predicted molar refractivity (Wildman–Crippen MR) is 41.8 cm³/mol. The van der Waals surface area contributed by atoms with Gasteiger partial charge in [-0.05, 0) is 29.4 Å². The van der Waals surface area contributed by atoms with Crippen molar-refractivity contribution in [1.29, 1.82) is 0 Å². The van der Waals surface area contributed by atoms with Crippen molar-refractivity contribution >= 4 is 16.8 Å². The SMILES string of the molecule is CC(=O)c1cccc2nonc12. The number of fused-ring (bicyclic) bond motifs is 1. The molecular weight excluding hydrogens is 156 g/mol. The molecule has 0 amide bonds. The first-order valence-electron chi connectivity index (χ1n) is 3.51. The third kappa shape index (κ3) is 0.887. The summed E-state index contributed by atoms with van der Waals surface area (Å²) in [4.78, 5) is 11.0. The lowest BCUT2D eigenvalue weighted by molar-refractivity contribution is 0.101. The Morgan fingerprint density at radius 3 is 3.00 bits per heavy atom. The van der Waals surface area contributed by atoms with Gasteiger partial charge in [0.2, 0.25) is 0 Å². The zero-order chi connectivity index (χ0) is 8.55. The van der Waals surface area contributed by atoms with Crippen LogP contribution in [0.4, 0.5) is 0 Å². The normalized spacial score (nSPS) is 10.4. The van der Waals surface area contributed by atoms with Gasteiger partial charge in [0.25, 0.3) is 0 Å². The van der Waals surface area contributed by atoms with Crippen molar-refractivity contribution in [3.05, 3.63) is 23.8 Å². The highest BCUT2D eigenvalue weighted by molar-refractivity contribution is 6.04. The molecule has 0 bridgehead atoms. The van der Waals surface area contributed by atoms with E-state index in [9.17, 15) is 4.79 Å². The van der Waals surface area contributed by atoms with Gasteiger partial charge in [0.1, 0.15) is 11.0 Å². The van der Waals surface area contributed by atoms with Gasteiger partial charge in [-0.15, -0.1) is 0 Å². The molecule has 0 aliphatic carbocycles. The standard InChI is InChI=1S/C8H6N2O2/c1-5(11)6-3-2-4-7-8(6)10-12-9-7/h2-4H,1H3. The Hall–Kier alpha value is -1.71. The number of nitrogens with zero attached hydrogens (tertiary/aromatic N) is 2. The van der Waals surface area contributed by atoms with Crippen LogP contribution in [-0.2, 0) is 0 Å². The maximum Gasteiger partial charge on any atom is 0.162 e. The first kappa shape index (κ1) is 6.97. The molecule has 12 heavy (non-hydrogen) atoms. The summed E-state index contributed by atoms with van der Waals surface area (Å²) >= 11 is 0. The van der Waals surface area contributed by atoms with E-state index in [0.29, 0.717) is 16.6 Å². The lowest BCUT2D eigenvalue weighted by Crippen LogP contribution is -1.92. The number of carbonyl (C=O) groups excluding carboxylic acids is 1. The molecule has 0 saturated heterocycles. The lowest BCUT2D eigenvalue weighted by atomic mass is 10.1. The van der Waals surface area contributed by atoms with Crippen molar-refractivity contribution in [3.8, 4) is 0 Å². The van der Waals surface area contributed by atoms with Crippen LogP contribution in [0.5, 0.6) is 0 Å². The molecule has 0 fully saturated rings. The second-order valence-electron chi connectivity index (χ2n) is 2.49. The Labute approximate surface area is 68.1 Å². The van der Waals surface area contributed by atoms with Crippen LogP contribution < -0.4 is 0 Å². The van der Waals surface area contributed by atoms with Crippen LogP contribution in [0.3, 0.4) is 0 Å². The molecule has 0 aliphatic rings. The molecule has 1 aromatic carbocycles. The number of aromatic nitrogens is 2. The van der Waals surface area contributed by atoms with E-state index < -0.39 is 0 Å². The van der Waals surface area contributed by atoms with Gasteiger partial charge in [0.15, 0.2) is 5.78 Å². The van der Waals surface area contributed by atoms with E-state index >= 15 is 0 Å². The molecule has 1 heterocycles. The molecule has 0 N–H and O–H groups in total. The quantitative estimate of drug-likeness (QED) is 0.595. The Morgan fingerprint density at radius 1 is 1.42 bits per heavy atom. The van der Waals surface area contributed by atoms with Gasteiger partial charge in [0, 0.05) is 5.56 Å². The summed E-state index contributed by atoms with van der Waals surface area (Å²) in [6.07, 6.45) is 0. The molecular formula is C8H6N2O2. The van der Waals surface area contributed by atoms with Crippen LogP contribution in [0, 0.1) is 0 Å². The highest BCUT2D eigenvalue weighted by atomic mass is 16.6. The van der Waals surface area contributed by atoms with Crippen LogP contribution >= 0.6 is 0 Å². The molecule has 60 valence electrons. The van der Waals surface area contributed by atoms with Gasteiger partial charge in [-0.1, -0.05) is 6.07 Å². The third-order valence-corrected chi connectivity index (χ3v) is 1.67. The largest absolute Gasteiger partial charge is 0.294 e. The van der Waals surface area contributed by atoms with E-state index in [0.717, 1.165) is 0 Å². The van der Waals surface area contributed by atoms with Crippen LogP contribution in [0.15, 0.2) is 22.8 Å². The number of benzene rings is 1. The summed E-state index contributed by atoms with van der Waals surface area (Å²) in [7, 11) is 0. The number of carbonyl (C=O) groups is 1. The van der Waals surface area contributed by atoms with Gasteiger partial charge in [0.05, 0.1) is 0 Å². The fraction of sp³-hybridized carbons (Fsp3) is 0.125. The summed E-state index contributed by atoms with van der Waals surface area (Å²) in [6.45, 7) is 1.49. The van der Waals surface area contributed by atoms with E-state index in [1.165, 1.54) is 6.92 Å². The molecule has 0 unspecified atom stereocenters. The maximum absolute atomic E-state index is 11.0. The summed E-state index contributed by atoms with van der Waals surface area (Å²) in [5, 5.41) is 7.26. The maximum atomic E-state index is 11.0. The smallest absolute Gasteiger partial charge is 0.162 e. The molecule has 1 aromatic heterocycles. The summed E-state index contributed by atoms with van der Waals surface area (Å²) in [5.74, 6) is -0.0312. The predicted octanol–water partition coefficient (Wildman–Crippen LogP) is 1.43. The van der Waals surface area contributed by atoms with Crippen LogP contribution in [0.1, 0.15) is 17.3 Å². The number of rotatable bonds is 1. The number of ketones is 1. The molecule has 0 spiro atoms. The van der Waals surface area contributed by atoms with E-state index in [-0.39, 0.29) is 5.78 Å². The van der Waals surface area contributed by atoms with Gasteiger partial charge in [-0.3, -0.25) is 4.79 Å². The molecule has 4 nitrogen and oxygen atoms in total. The first-order valence-corrected chi connectivity index (χ1v) is 3.51. The van der Waals surface area contributed by atoms with Crippen LogP contribution in [0.25, 0.3) is 11.0 Å².